The van der Waals surface area contributed by atoms with Crippen LogP contribution in [0.15, 0.2) is 42.5 Å². The Balaban J connectivity index is 1.41. The maximum absolute atomic E-state index is 12.7. The fourth-order valence-electron chi connectivity index (χ4n) is 3.02. The number of nitrogens with zero attached hydrogens (tertiary/aromatic N) is 3. The highest BCUT2D eigenvalue weighted by Crippen LogP contribution is 2.21. The molecule has 3 aromatic rings. The molecule has 7 heteroatoms. The zero-order valence-corrected chi connectivity index (χ0v) is 13.8. The fourth-order valence-corrected chi connectivity index (χ4v) is 3.02. The van der Waals surface area contributed by atoms with Gasteiger partial charge >= 0.3 is 0 Å². The molecule has 1 atom stereocenters. The number of rotatable bonds is 4. The number of aromatic amines is 1. The Morgan fingerprint density at radius 3 is 2.76 bits per heavy atom. The number of fused-ring (bicyclic) bond motifs is 1. The fraction of sp³-hybridized carbons (Fsp3) is 0.278. The molecule has 0 radical (unpaired) electrons. The van der Waals surface area contributed by atoms with Crippen molar-refractivity contribution in [2.75, 3.05) is 20.2 Å². The number of ether oxygens (including phenoxy) is 2. The molecule has 0 spiro atoms. The van der Waals surface area contributed by atoms with Crippen LogP contribution in [-0.2, 0) is 0 Å². The van der Waals surface area contributed by atoms with Crippen LogP contribution >= 0.6 is 0 Å². The van der Waals surface area contributed by atoms with Crippen molar-refractivity contribution in [1.29, 1.82) is 0 Å². The summed E-state index contributed by atoms with van der Waals surface area (Å²) < 4.78 is 10.8. The van der Waals surface area contributed by atoms with Gasteiger partial charge in [0.1, 0.15) is 11.8 Å². The van der Waals surface area contributed by atoms with Crippen LogP contribution in [0.5, 0.6) is 11.8 Å². The lowest BCUT2D eigenvalue weighted by molar-refractivity contribution is 0.0766. The zero-order valence-electron chi connectivity index (χ0n) is 13.8. The minimum Gasteiger partial charge on any atom is -0.480 e. The maximum Gasteiger partial charge on any atom is 0.270 e. The van der Waals surface area contributed by atoms with E-state index in [0.29, 0.717) is 30.5 Å². The van der Waals surface area contributed by atoms with Gasteiger partial charge in [0.2, 0.25) is 11.8 Å². The second-order valence-electron chi connectivity index (χ2n) is 5.96. The molecule has 1 aromatic carbocycles. The molecule has 1 amide bonds. The molecule has 0 aliphatic carbocycles. The summed E-state index contributed by atoms with van der Waals surface area (Å²) >= 11 is 0. The number of methoxy groups -OCH3 is 1. The number of carbonyl (C=O) groups is 1. The van der Waals surface area contributed by atoms with Gasteiger partial charge in [-0.05, 0) is 12.1 Å². The average molecular weight is 338 g/mol. The van der Waals surface area contributed by atoms with Crippen LogP contribution in [0.2, 0.25) is 0 Å². The molecule has 4 rings (SSSR count). The lowest BCUT2D eigenvalue weighted by atomic mass is 10.2. The van der Waals surface area contributed by atoms with Gasteiger partial charge in [-0.25, -0.2) is 0 Å². The van der Waals surface area contributed by atoms with Crippen molar-refractivity contribution in [1.82, 2.24) is 20.1 Å². The van der Waals surface area contributed by atoms with Crippen LogP contribution in [0.25, 0.3) is 10.9 Å². The number of para-hydroxylation sites is 1. The summed E-state index contributed by atoms with van der Waals surface area (Å²) in [5.74, 6) is 0.864. The van der Waals surface area contributed by atoms with E-state index in [9.17, 15) is 4.79 Å². The second-order valence-corrected chi connectivity index (χ2v) is 5.96. The lowest BCUT2D eigenvalue weighted by Gasteiger charge is -2.16. The van der Waals surface area contributed by atoms with E-state index < -0.39 is 0 Å². The van der Waals surface area contributed by atoms with E-state index >= 15 is 0 Å². The first-order chi connectivity index (χ1) is 12.2. The number of aromatic nitrogens is 3. The number of hydrogen-bond acceptors (Lipinski definition) is 5. The molecule has 1 fully saturated rings. The quantitative estimate of drug-likeness (QED) is 0.789. The van der Waals surface area contributed by atoms with Crippen LogP contribution < -0.4 is 9.47 Å². The van der Waals surface area contributed by atoms with Crippen LogP contribution in [0.3, 0.4) is 0 Å². The summed E-state index contributed by atoms with van der Waals surface area (Å²) in [5, 5.41) is 8.88. The van der Waals surface area contributed by atoms with E-state index in [-0.39, 0.29) is 12.0 Å². The second kappa shape index (κ2) is 6.43. The van der Waals surface area contributed by atoms with Crippen LogP contribution in [0.1, 0.15) is 16.9 Å². The van der Waals surface area contributed by atoms with Crippen LogP contribution in [-0.4, -0.2) is 52.3 Å². The first-order valence-corrected chi connectivity index (χ1v) is 8.14. The van der Waals surface area contributed by atoms with Crippen LogP contribution in [0.4, 0.5) is 0 Å². The topological polar surface area (TPSA) is 80.3 Å². The first kappa shape index (κ1) is 15.4. The number of carbonyl (C=O) groups excluding carboxylic acids is 1. The van der Waals surface area contributed by atoms with Crippen molar-refractivity contribution < 1.29 is 14.3 Å². The highest BCUT2D eigenvalue weighted by atomic mass is 16.5. The molecule has 7 nitrogen and oxygen atoms in total. The smallest absolute Gasteiger partial charge is 0.270 e. The van der Waals surface area contributed by atoms with E-state index in [1.54, 1.807) is 17.0 Å². The van der Waals surface area contributed by atoms with Gasteiger partial charge < -0.3 is 19.4 Å². The van der Waals surface area contributed by atoms with Gasteiger partial charge in [-0.15, -0.1) is 10.2 Å². The third kappa shape index (κ3) is 3.13. The highest BCUT2D eigenvalue weighted by Gasteiger charge is 2.29. The standard InChI is InChI=1S/C18H18N4O3/c1-24-16-6-7-17(21-20-16)25-13-8-9-22(11-13)18(23)15-10-12-4-2-3-5-14(12)19-15/h2-7,10,13,19H,8-9,11H2,1H3/t13-/m0/s1. The first-order valence-electron chi connectivity index (χ1n) is 8.14. The van der Waals surface area contributed by atoms with Gasteiger partial charge in [0.05, 0.1) is 13.7 Å². The Labute approximate surface area is 144 Å². The van der Waals surface area contributed by atoms with Crippen molar-refractivity contribution in [2.45, 2.75) is 12.5 Å². The van der Waals surface area contributed by atoms with E-state index in [4.69, 9.17) is 9.47 Å². The molecule has 1 N–H and O–H groups in total. The molecular formula is C18H18N4O3. The molecule has 3 heterocycles. The largest absolute Gasteiger partial charge is 0.480 e. The Kier molecular flexibility index (Phi) is 3.97. The summed E-state index contributed by atoms with van der Waals surface area (Å²) in [6.45, 7) is 1.18. The van der Waals surface area contributed by atoms with Crippen LogP contribution in [0, 0.1) is 0 Å². The molecule has 2 aromatic heterocycles. The van der Waals surface area contributed by atoms with Gasteiger partial charge in [-0.1, -0.05) is 18.2 Å². The lowest BCUT2D eigenvalue weighted by Crippen LogP contribution is -2.31. The summed E-state index contributed by atoms with van der Waals surface area (Å²) in [6.07, 6.45) is 0.677. The van der Waals surface area contributed by atoms with Gasteiger partial charge in [0.25, 0.3) is 5.91 Å². The van der Waals surface area contributed by atoms with Gasteiger partial charge in [-0.3, -0.25) is 4.79 Å². The maximum atomic E-state index is 12.7. The molecular weight excluding hydrogens is 320 g/mol. The SMILES string of the molecule is COc1ccc(O[C@H]2CCN(C(=O)c3cc4ccccc4[nH]3)C2)nn1. The van der Waals surface area contributed by atoms with Crippen molar-refractivity contribution >= 4 is 16.8 Å². The molecule has 1 saturated heterocycles. The van der Waals surface area contributed by atoms with E-state index in [1.165, 1.54) is 7.11 Å². The number of likely N-dealkylation sites (tertiary alicyclic amines) is 1. The number of hydrogen-bond donors (Lipinski definition) is 1. The normalized spacial score (nSPS) is 17.0. The van der Waals surface area contributed by atoms with Crippen molar-refractivity contribution in [3.63, 3.8) is 0 Å². The van der Waals surface area contributed by atoms with E-state index in [2.05, 4.69) is 15.2 Å². The van der Waals surface area contributed by atoms with Crippen molar-refractivity contribution in [3.8, 4) is 11.8 Å². The summed E-state index contributed by atoms with van der Waals surface area (Å²) in [4.78, 5) is 17.7. The average Bonchev–Trinajstić information content (AvgIpc) is 3.28. The van der Waals surface area contributed by atoms with E-state index in [1.807, 2.05) is 30.3 Å². The molecule has 128 valence electrons. The molecule has 25 heavy (non-hydrogen) atoms. The number of nitrogens with one attached hydrogen (secondary N) is 1. The zero-order chi connectivity index (χ0) is 17.2. The predicted molar refractivity (Wildman–Crippen MR) is 91.8 cm³/mol. The van der Waals surface area contributed by atoms with Gasteiger partial charge in [0, 0.05) is 36.0 Å². The minimum absolute atomic E-state index is 0.0110. The third-order valence-corrected chi connectivity index (χ3v) is 4.30. The van der Waals surface area contributed by atoms with Crippen molar-refractivity contribution in [3.05, 3.63) is 48.2 Å². The molecule has 0 bridgehead atoms. The monoisotopic (exact) mass is 338 g/mol. The Bertz CT molecular complexity index is 858. The number of benzene rings is 1. The molecule has 0 saturated carbocycles. The summed E-state index contributed by atoms with van der Waals surface area (Å²) in [7, 11) is 1.54. The predicted octanol–water partition coefficient (Wildman–Crippen LogP) is 2.26. The molecule has 0 unspecified atom stereocenters. The highest BCUT2D eigenvalue weighted by molar-refractivity contribution is 5.98. The summed E-state index contributed by atoms with van der Waals surface area (Å²) in [6, 6.07) is 13.2. The van der Waals surface area contributed by atoms with E-state index in [0.717, 1.165) is 17.3 Å². The third-order valence-electron chi connectivity index (χ3n) is 4.30. The Morgan fingerprint density at radius 1 is 1.20 bits per heavy atom. The van der Waals surface area contributed by atoms with Crippen molar-refractivity contribution in [2.24, 2.45) is 0 Å². The Hall–Kier alpha value is -3.09. The molecule has 1 aliphatic heterocycles. The van der Waals surface area contributed by atoms with Gasteiger partial charge in [-0.2, -0.15) is 0 Å². The Morgan fingerprint density at radius 2 is 2.00 bits per heavy atom. The van der Waals surface area contributed by atoms with Gasteiger partial charge in [0.15, 0.2) is 0 Å². The molecule has 1 aliphatic rings. The number of H-pyrrole nitrogens is 1. The number of amides is 1. The summed E-state index contributed by atoms with van der Waals surface area (Å²) in [5.41, 5.74) is 1.57. The minimum atomic E-state index is -0.0870.